The molecular weight excluding hydrogens is 251 g/mol. The lowest BCUT2D eigenvalue weighted by Gasteiger charge is -2.23. The Bertz CT molecular complexity index is 398. The normalized spacial score (nSPS) is 10.1. The molecule has 2 amide bonds. The van der Waals surface area contributed by atoms with Gasteiger partial charge in [-0.15, -0.1) is 0 Å². The van der Waals surface area contributed by atoms with Gasteiger partial charge in [0.2, 0.25) is 0 Å². The zero-order chi connectivity index (χ0) is 12.3. The van der Waals surface area contributed by atoms with Crippen molar-refractivity contribution in [2.45, 2.75) is 0 Å². The molecule has 0 bridgehead atoms. The number of urea groups is 1. The Balaban J connectivity index is 2.92. The summed E-state index contributed by atoms with van der Waals surface area (Å²) in [4.78, 5) is 17.9. The van der Waals surface area contributed by atoms with E-state index in [1.165, 1.54) is 19.1 Å². The Morgan fingerprint density at radius 1 is 1.25 bits per heavy atom. The highest BCUT2D eigenvalue weighted by molar-refractivity contribution is 6.42. The van der Waals surface area contributed by atoms with Crippen LogP contribution in [0.15, 0.2) is 18.2 Å². The maximum atomic E-state index is 11.7. The first-order valence-corrected chi connectivity index (χ1v) is 5.23. The van der Waals surface area contributed by atoms with Gasteiger partial charge in [0, 0.05) is 19.8 Å². The van der Waals surface area contributed by atoms with Crippen LogP contribution >= 0.6 is 23.2 Å². The van der Waals surface area contributed by atoms with Crippen LogP contribution in [0.3, 0.4) is 0 Å². The fraction of sp³-hybridized carbons (Fsp3) is 0.300. The summed E-state index contributed by atoms with van der Waals surface area (Å²) < 4.78 is 0. The van der Waals surface area contributed by atoms with Gasteiger partial charge < -0.3 is 0 Å². The molecule has 0 aliphatic carbocycles. The molecule has 0 N–H and O–H groups in total. The summed E-state index contributed by atoms with van der Waals surface area (Å²) >= 11 is 11.6. The Kier molecular flexibility index (Phi) is 4.41. The number of amides is 2. The predicted molar refractivity (Wildman–Crippen MR) is 65.0 cm³/mol. The van der Waals surface area contributed by atoms with Crippen molar-refractivity contribution < 1.29 is 9.63 Å². The molecule has 0 atom stereocenters. The number of anilines is 1. The highest BCUT2D eigenvalue weighted by Crippen LogP contribution is 2.26. The molecule has 0 saturated carbocycles. The quantitative estimate of drug-likeness (QED) is 0.768. The van der Waals surface area contributed by atoms with Gasteiger partial charge in [0.05, 0.1) is 17.2 Å². The Morgan fingerprint density at radius 3 is 2.38 bits per heavy atom. The number of hydroxylamine groups is 2. The first kappa shape index (κ1) is 13.1. The highest BCUT2D eigenvalue weighted by atomic mass is 35.5. The fourth-order valence-corrected chi connectivity index (χ4v) is 1.39. The third kappa shape index (κ3) is 2.78. The Morgan fingerprint density at radius 2 is 1.88 bits per heavy atom. The minimum absolute atomic E-state index is 0.305. The number of nitrogens with zero attached hydrogens (tertiary/aromatic N) is 2. The SMILES string of the molecule is CON(C)C(=O)N(C)c1ccc(Cl)c(Cl)c1. The number of rotatable bonds is 2. The number of carbonyl (C=O) groups excluding carboxylic acids is 1. The topological polar surface area (TPSA) is 32.8 Å². The molecule has 0 heterocycles. The largest absolute Gasteiger partial charge is 0.347 e. The standard InChI is InChI=1S/C10H12Cl2N2O2/c1-13(10(15)14(2)16-3)7-4-5-8(11)9(12)6-7/h4-6H,1-3H3. The third-order valence-corrected chi connectivity index (χ3v) is 2.86. The average Bonchev–Trinajstić information content (AvgIpc) is 2.29. The average molecular weight is 263 g/mol. The van der Waals surface area contributed by atoms with E-state index in [2.05, 4.69) is 0 Å². The van der Waals surface area contributed by atoms with E-state index in [4.69, 9.17) is 28.0 Å². The van der Waals surface area contributed by atoms with Gasteiger partial charge in [-0.05, 0) is 18.2 Å². The van der Waals surface area contributed by atoms with Gasteiger partial charge >= 0.3 is 6.03 Å². The second kappa shape index (κ2) is 5.39. The summed E-state index contributed by atoms with van der Waals surface area (Å²) in [7, 11) is 4.56. The summed E-state index contributed by atoms with van der Waals surface area (Å²) in [5, 5.41) is 1.97. The van der Waals surface area contributed by atoms with Crippen molar-refractivity contribution in [3.05, 3.63) is 28.2 Å². The first-order chi connectivity index (χ1) is 7.47. The molecule has 1 aromatic rings. The van der Waals surface area contributed by atoms with Crippen LogP contribution in [0.2, 0.25) is 10.0 Å². The van der Waals surface area contributed by atoms with Crippen LogP contribution in [0, 0.1) is 0 Å². The van der Waals surface area contributed by atoms with Gasteiger partial charge in [-0.1, -0.05) is 23.2 Å². The minimum atomic E-state index is -0.305. The van der Waals surface area contributed by atoms with Crippen molar-refractivity contribution in [2.24, 2.45) is 0 Å². The summed E-state index contributed by atoms with van der Waals surface area (Å²) in [6.07, 6.45) is 0. The van der Waals surface area contributed by atoms with Gasteiger partial charge in [-0.2, -0.15) is 0 Å². The summed E-state index contributed by atoms with van der Waals surface area (Å²) in [5.74, 6) is 0. The predicted octanol–water partition coefficient (Wildman–Crippen LogP) is 3.04. The molecule has 0 radical (unpaired) electrons. The number of hydrogen-bond acceptors (Lipinski definition) is 2. The van der Waals surface area contributed by atoms with Crippen molar-refractivity contribution in [3.8, 4) is 0 Å². The summed E-state index contributed by atoms with van der Waals surface area (Å²) in [6.45, 7) is 0. The molecule has 0 aliphatic heterocycles. The molecule has 0 spiro atoms. The van der Waals surface area contributed by atoms with E-state index < -0.39 is 0 Å². The molecule has 88 valence electrons. The molecule has 0 fully saturated rings. The fourth-order valence-electron chi connectivity index (χ4n) is 1.09. The van der Waals surface area contributed by atoms with Crippen LogP contribution in [-0.4, -0.2) is 32.3 Å². The van der Waals surface area contributed by atoms with E-state index in [0.717, 1.165) is 5.06 Å². The monoisotopic (exact) mass is 262 g/mol. The van der Waals surface area contributed by atoms with Crippen molar-refractivity contribution in [2.75, 3.05) is 26.1 Å². The lowest BCUT2D eigenvalue weighted by Crippen LogP contribution is -2.38. The lowest BCUT2D eigenvalue weighted by atomic mass is 10.3. The number of carbonyl (C=O) groups is 1. The number of hydrogen-bond donors (Lipinski definition) is 0. The molecule has 0 unspecified atom stereocenters. The zero-order valence-electron chi connectivity index (χ0n) is 9.20. The van der Waals surface area contributed by atoms with E-state index in [9.17, 15) is 4.79 Å². The maximum Gasteiger partial charge on any atom is 0.347 e. The van der Waals surface area contributed by atoms with E-state index >= 15 is 0 Å². The molecule has 16 heavy (non-hydrogen) atoms. The van der Waals surface area contributed by atoms with Crippen LogP contribution < -0.4 is 4.90 Å². The highest BCUT2D eigenvalue weighted by Gasteiger charge is 2.16. The van der Waals surface area contributed by atoms with Crippen LogP contribution in [0.25, 0.3) is 0 Å². The maximum absolute atomic E-state index is 11.7. The smallest absolute Gasteiger partial charge is 0.296 e. The molecular formula is C10H12Cl2N2O2. The van der Waals surface area contributed by atoms with Crippen LogP contribution in [0.1, 0.15) is 0 Å². The van der Waals surface area contributed by atoms with E-state index in [1.54, 1.807) is 25.2 Å². The summed E-state index contributed by atoms with van der Waals surface area (Å²) in [5.41, 5.74) is 0.642. The van der Waals surface area contributed by atoms with Gasteiger partial charge in [-0.3, -0.25) is 9.74 Å². The molecule has 0 saturated heterocycles. The second-order valence-corrected chi connectivity index (χ2v) is 3.93. The van der Waals surface area contributed by atoms with Gasteiger partial charge in [0.25, 0.3) is 0 Å². The minimum Gasteiger partial charge on any atom is -0.296 e. The van der Waals surface area contributed by atoms with Crippen LogP contribution in [0.5, 0.6) is 0 Å². The van der Waals surface area contributed by atoms with Crippen molar-refractivity contribution >= 4 is 34.9 Å². The third-order valence-electron chi connectivity index (χ3n) is 2.12. The van der Waals surface area contributed by atoms with Crippen molar-refractivity contribution in [3.63, 3.8) is 0 Å². The Hall–Kier alpha value is -0.970. The molecule has 1 aromatic carbocycles. The van der Waals surface area contributed by atoms with E-state index in [0.29, 0.717) is 15.7 Å². The molecule has 1 rings (SSSR count). The van der Waals surface area contributed by atoms with E-state index in [1.807, 2.05) is 0 Å². The molecule has 0 aromatic heterocycles. The van der Waals surface area contributed by atoms with Gasteiger partial charge in [0.15, 0.2) is 0 Å². The van der Waals surface area contributed by atoms with Gasteiger partial charge in [0.1, 0.15) is 0 Å². The van der Waals surface area contributed by atoms with E-state index in [-0.39, 0.29) is 6.03 Å². The number of benzene rings is 1. The van der Waals surface area contributed by atoms with Crippen molar-refractivity contribution in [1.82, 2.24) is 5.06 Å². The first-order valence-electron chi connectivity index (χ1n) is 4.48. The van der Waals surface area contributed by atoms with Crippen molar-refractivity contribution in [1.29, 1.82) is 0 Å². The Labute approximate surface area is 104 Å². The lowest BCUT2D eigenvalue weighted by molar-refractivity contribution is -0.0618. The molecule has 6 heteroatoms. The second-order valence-electron chi connectivity index (χ2n) is 3.12. The van der Waals surface area contributed by atoms with Crippen LogP contribution in [0.4, 0.5) is 10.5 Å². The zero-order valence-corrected chi connectivity index (χ0v) is 10.7. The number of halogens is 2. The van der Waals surface area contributed by atoms with Crippen LogP contribution in [-0.2, 0) is 4.84 Å². The molecule has 4 nitrogen and oxygen atoms in total. The molecule has 0 aliphatic rings. The summed E-state index contributed by atoms with van der Waals surface area (Å²) in [6, 6.07) is 4.65. The van der Waals surface area contributed by atoms with Gasteiger partial charge in [-0.25, -0.2) is 9.86 Å².